The first-order valence-corrected chi connectivity index (χ1v) is 15.7. The Morgan fingerprint density at radius 2 is 0.935 bits per heavy atom. The van der Waals surface area contributed by atoms with Crippen molar-refractivity contribution in [1.82, 2.24) is 0 Å². The van der Waals surface area contributed by atoms with Crippen LogP contribution in [0.4, 0.5) is 17.1 Å². The van der Waals surface area contributed by atoms with Gasteiger partial charge in [0.05, 0.1) is 11.1 Å². The third-order valence-corrected chi connectivity index (χ3v) is 9.02. The molecule has 0 N–H and O–H groups in total. The highest BCUT2D eigenvalue weighted by Crippen LogP contribution is 2.44. The van der Waals surface area contributed by atoms with Crippen molar-refractivity contribution < 1.29 is 4.42 Å². The van der Waals surface area contributed by atoms with E-state index in [4.69, 9.17) is 4.42 Å². The number of hydrogen-bond acceptors (Lipinski definition) is 2. The highest BCUT2D eigenvalue weighted by atomic mass is 16.3. The van der Waals surface area contributed by atoms with Gasteiger partial charge in [-0.2, -0.15) is 0 Å². The van der Waals surface area contributed by atoms with Gasteiger partial charge in [0.1, 0.15) is 11.2 Å². The molecule has 0 aliphatic carbocycles. The minimum absolute atomic E-state index is 0.872. The molecular formula is C44H29NO. The molecule has 2 heteroatoms. The van der Waals surface area contributed by atoms with E-state index in [-0.39, 0.29) is 0 Å². The number of rotatable bonds is 5. The molecule has 216 valence electrons. The Morgan fingerprint density at radius 3 is 1.72 bits per heavy atom. The van der Waals surface area contributed by atoms with E-state index in [1.165, 1.54) is 43.8 Å². The number of fused-ring (bicyclic) bond motifs is 5. The number of hydrogen-bond donors (Lipinski definition) is 0. The second-order valence-electron chi connectivity index (χ2n) is 11.8. The molecule has 46 heavy (non-hydrogen) atoms. The van der Waals surface area contributed by atoms with E-state index in [2.05, 4.69) is 181 Å². The number of benzene rings is 8. The lowest BCUT2D eigenvalue weighted by Gasteiger charge is -2.27. The quantitative estimate of drug-likeness (QED) is 0.199. The predicted octanol–water partition coefficient (Wildman–Crippen LogP) is 12.7. The first-order chi connectivity index (χ1) is 22.8. The van der Waals surface area contributed by atoms with Crippen LogP contribution in [0, 0.1) is 0 Å². The molecule has 0 aliphatic heterocycles. The molecule has 0 saturated heterocycles. The summed E-state index contributed by atoms with van der Waals surface area (Å²) in [5, 5.41) is 7.12. The van der Waals surface area contributed by atoms with E-state index in [1.54, 1.807) is 0 Å². The van der Waals surface area contributed by atoms with Crippen molar-refractivity contribution in [3.05, 3.63) is 176 Å². The van der Waals surface area contributed by atoms with Gasteiger partial charge in [-0.3, -0.25) is 0 Å². The maximum atomic E-state index is 6.46. The zero-order valence-corrected chi connectivity index (χ0v) is 25.1. The van der Waals surface area contributed by atoms with Crippen LogP contribution >= 0.6 is 0 Å². The van der Waals surface area contributed by atoms with Crippen molar-refractivity contribution in [3.63, 3.8) is 0 Å². The SMILES string of the molecule is c1ccc(-c2ccc3oc4cccc(N(c5ccc(-c6ccc7ccccc7c6)cc5)c5ccc6ccccc6c5)c4c3c2)cc1. The third-order valence-electron chi connectivity index (χ3n) is 9.02. The van der Waals surface area contributed by atoms with E-state index in [1.807, 2.05) is 0 Å². The van der Waals surface area contributed by atoms with Crippen LogP contribution in [0.25, 0.3) is 65.7 Å². The first-order valence-electron chi connectivity index (χ1n) is 15.7. The Morgan fingerprint density at radius 1 is 0.348 bits per heavy atom. The van der Waals surface area contributed by atoms with Gasteiger partial charge in [-0.15, -0.1) is 0 Å². The summed E-state index contributed by atoms with van der Waals surface area (Å²) in [5.41, 5.74) is 9.76. The summed E-state index contributed by atoms with van der Waals surface area (Å²) in [6.07, 6.45) is 0. The van der Waals surface area contributed by atoms with Gasteiger partial charge in [-0.05, 0) is 98.4 Å². The van der Waals surface area contributed by atoms with Gasteiger partial charge in [0, 0.05) is 16.8 Å². The second-order valence-corrected chi connectivity index (χ2v) is 11.8. The summed E-state index contributed by atoms with van der Waals surface area (Å²) >= 11 is 0. The number of anilines is 3. The lowest BCUT2D eigenvalue weighted by atomic mass is 10.00. The lowest BCUT2D eigenvalue weighted by Crippen LogP contribution is -2.10. The van der Waals surface area contributed by atoms with Crippen molar-refractivity contribution in [3.8, 4) is 22.3 Å². The van der Waals surface area contributed by atoms with E-state index >= 15 is 0 Å². The Hall–Kier alpha value is -6.12. The van der Waals surface area contributed by atoms with Gasteiger partial charge < -0.3 is 9.32 Å². The van der Waals surface area contributed by atoms with Gasteiger partial charge in [-0.1, -0.05) is 121 Å². The molecule has 1 aromatic heterocycles. The molecule has 0 atom stereocenters. The summed E-state index contributed by atoms with van der Waals surface area (Å²) in [6, 6.07) is 62.8. The molecule has 0 unspecified atom stereocenters. The lowest BCUT2D eigenvalue weighted by molar-refractivity contribution is 0.669. The molecule has 2 nitrogen and oxygen atoms in total. The molecule has 0 aliphatic rings. The monoisotopic (exact) mass is 587 g/mol. The van der Waals surface area contributed by atoms with E-state index < -0.39 is 0 Å². The summed E-state index contributed by atoms with van der Waals surface area (Å²) in [4.78, 5) is 2.36. The van der Waals surface area contributed by atoms with Gasteiger partial charge in [0.2, 0.25) is 0 Å². The molecule has 0 spiro atoms. The van der Waals surface area contributed by atoms with Gasteiger partial charge >= 0.3 is 0 Å². The van der Waals surface area contributed by atoms with Crippen molar-refractivity contribution in [2.75, 3.05) is 4.90 Å². The van der Waals surface area contributed by atoms with Crippen LogP contribution in [0.15, 0.2) is 180 Å². The minimum Gasteiger partial charge on any atom is -0.456 e. The van der Waals surface area contributed by atoms with E-state index in [0.29, 0.717) is 0 Å². The van der Waals surface area contributed by atoms with Gasteiger partial charge in [-0.25, -0.2) is 0 Å². The molecule has 0 amide bonds. The van der Waals surface area contributed by atoms with E-state index in [9.17, 15) is 0 Å². The molecule has 0 saturated carbocycles. The van der Waals surface area contributed by atoms with E-state index in [0.717, 1.165) is 39.0 Å². The Bertz CT molecular complexity index is 2530. The molecule has 9 rings (SSSR count). The second kappa shape index (κ2) is 10.8. The van der Waals surface area contributed by atoms with Crippen LogP contribution in [-0.4, -0.2) is 0 Å². The van der Waals surface area contributed by atoms with Gasteiger partial charge in [0.15, 0.2) is 0 Å². The van der Waals surface area contributed by atoms with Crippen molar-refractivity contribution in [2.45, 2.75) is 0 Å². The third kappa shape index (κ3) is 4.51. The predicted molar refractivity (Wildman–Crippen MR) is 194 cm³/mol. The van der Waals surface area contributed by atoms with Crippen molar-refractivity contribution in [2.24, 2.45) is 0 Å². The maximum absolute atomic E-state index is 6.46. The van der Waals surface area contributed by atoms with Crippen LogP contribution in [0.2, 0.25) is 0 Å². The standard InChI is InChI=1S/C44H29NO/c1-2-9-30(10-3-1)37-22-26-42-40(29-37)44-41(15-8-16-43(44)46-42)45(39-25-21-32-12-5-7-14-35(32)28-39)38-23-19-33(20-24-38)36-18-17-31-11-4-6-13-34(31)27-36/h1-29H. The number of furan rings is 1. The van der Waals surface area contributed by atoms with Gasteiger partial charge in [0.25, 0.3) is 0 Å². The fourth-order valence-electron chi connectivity index (χ4n) is 6.72. The Kier molecular flexibility index (Phi) is 6.17. The molecule has 0 fully saturated rings. The molecule has 9 aromatic rings. The normalized spacial score (nSPS) is 11.5. The summed E-state index contributed by atoms with van der Waals surface area (Å²) in [7, 11) is 0. The van der Waals surface area contributed by atoms with Crippen molar-refractivity contribution >= 4 is 60.5 Å². The van der Waals surface area contributed by atoms with Crippen LogP contribution in [0.5, 0.6) is 0 Å². The van der Waals surface area contributed by atoms with Crippen LogP contribution in [-0.2, 0) is 0 Å². The fourth-order valence-corrected chi connectivity index (χ4v) is 6.72. The van der Waals surface area contributed by atoms with Crippen LogP contribution in [0.1, 0.15) is 0 Å². The van der Waals surface area contributed by atoms with Crippen LogP contribution < -0.4 is 4.90 Å². The Balaban J connectivity index is 1.24. The molecule has 1 heterocycles. The molecule has 0 bridgehead atoms. The Labute approximate surface area is 267 Å². The zero-order valence-electron chi connectivity index (χ0n) is 25.1. The number of nitrogens with zero attached hydrogens (tertiary/aromatic N) is 1. The molecular weight excluding hydrogens is 558 g/mol. The molecule has 0 radical (unpaired) electrons. The fraction of sp³-hybridized carbons (Fsp3) is 0. The summed E-state index contributed by atoms with van der Waals surface area (Å²) < 4.78 is 6.46. The average molecular weight is 588 g/mol. The summed E-state index contributed by atoms with van der Waals surface area (Å²) in [5.74, 6) is 0. The largest absolute Gasteiger partial charge is 0.456 e. The smallest absolute Gasteiger partial charge is 0.137 e. The maximum Gasteiger partial charge on any atom is 0.137 e. The van der Waals surface area contributed by atoms with Crippen molar-refractivity contribution in [1.29, 1.82) is 0 Å². The molecule has 8 aromatic carbocycles. The van der Waals surface area contributed by atoms with Crippen LogP contribution in [0.3, 0.4) is 0 Å². The highest BCUT2D eigenvalue weighted by molar-refractivity contribution is 6.14. The highest BCUT2D eigenvalue weighted by Gasteiger charge is 2.20. The first kappa shape index (κ1) is 26.3. The average Bonchev–Trinajstić information content (AvgIpc) is 3.51. The minimum atomic E-state index is 0.872. The topological polar surface area (TPSA) is 16.4 Å². The zero-order chi connectivity index (χ0) is 30.5. The summed E-state index contributed by atoms with van der Waals surface area (Å²) in [6.45, 7) is 0.